The molecular formula is C17H29NO3. The summed E-state index contributed by atoms with van der Waals surface area (Å²) in [6, 6.07) is 0. The van der Waals surface area contributed by atoms with Gasteiger partial charge in [-0.25, -0.2) is 0 Å². The van der Waals surface area contributed by atoms with Crippen LogP contribution >= 0.6 is 0 Å². The van der Waals surface area contributed by atoms with E-state index in [1.165, 1.54) is 6.42 Å². The van der Waals surface area contributed by atoms with Crippen LogP contribution in [0.2, 0.25) is 0 Å². The van der Waals surface area contributed by atoms with Crippen LogP contribution < -0.4 is 5.32 Å². The molecule has 0 aliphatic heterocycles. The average Bonchev–Trinajstić information content (AvgIpc) is 2.35. The lowest BCUT2D eigenvalue weighted by molar-refractivity contribution is -0.162. The Labute approximate surface area is 127 Å². The Balaban J connectivity index is 1.57. The van der Waals surface area contributed by atoms with Crippen LogP contribution in [-0.2, 0) is 9.53 Å². The molecule has 0 aromatic heterocycles. The first-order chi connectivity index (χ1) is 9.76. The normalized spacial score (nSPS) is 41.3. The molecule has 4 aliphatic rings. The van der Waals surface area contributed by atoms with Gasteiger partial charge in [-0.05, 0) is 70.6 Å². The van der Waals surface area contributed by atoms with Crippen LogP contribution in [-0.4, -0.2) is 28.9 Å². The molecule has 21 heavy (non-hydrogen) atoms. The first-order valence-corrected chi connectivity index (χ1v) is 8.41. The highest BCUT2D eigenvalue weighted by atomic mass is 16.5. The number of hydrogen-bond donors (Lipinski definition) is 2. The third kappa shape index (κ3) is 2.85. The zero-order chi connectivity index (χ0) is 15.3. The molecule has 0 aromatic carbocycles. The van der Waals surface area contributed by atoms with Crippen LogP contribution in [0.15, 0.2) is 0 Å². The molecule has 4 nitrogen and oxygen atoms in total. The van der Waals surface area contributed by atoms with E-state index in [1.54, 1.807) is 0 Å². The molecule has 0 amide bonds. The number of nitrogens with one attached hydrogen (secondary N) is 1. The van der Waals surface area contributed by atoms with E-state index in [0.717, 1.165) is 38.5 Å². The third-order valence-corrected chi connectivity index (χ3v) is 6.12. The first-order valence-electron chi connectivity index (χ1n) is 8.41. The fourth-order valence-corrected chi connectivity index (χ4v) is 5.02. The smallest absolute Gasteiger partial charge is 0.312 e. The van der Waals surface area contributed by atoms with Crippen molar-refractivity contribution in [1.82, 2.24) is 5.32 Å². The highest BCUT2D eigenvalue weighted by molar-refractivity contribution is 5.75. The molecule has 0 saturated heterocycles. The number of carbonyl (C=O) groups excluding carboxylic acids is 1. The van der Waals surface area contributed by atoms with Crippen molar-refractivity contribution in [1.29, 1.82) is 0 Å². The van der Waals surface area contributed by atoms with Gasteiger partial charge in [-0.1, -0.05) is 6.92 Å². The topological polar surface area (TPSA) is 58.6 Å². The van der Waals surface area contributed by atoms with E-state index in [4.69, 9.17) is 4.74 Å². The molecule has 0 radical (unpaired) electrons. The molecule has 4 rings (SSSR count). The van der Waals surface area contributed by atoms with E-state index < -0.39 is 11.0 Å². The Hall–Kier alpha value is -0.610. The lowest BCUT2D eigenvalue weighted by Gasteiger charge is -2.60. The second-order valence-corrected chi connectivity index (χ2v) is 8.46. The summed E-state index contributed by atoms with van der Waals surface area (Å²) in [5.74, 6) is 1.15. The molecule has 4 saturated carbocycles. The van der Waals surface area contributed by atoms with E-state index in [0.29, 0.717) is 11.8 Å². The van der Waals surface area contributed by atoms with E-state index in [9.17, 15) is 9.90 Å². The van der Waals surface area contributed by atoms with Gasteiger partial charge in [0.05, 0.1) is 11.0 Å². The lowest BCUT2D eigenvalue weighted by atomic mass is 9.51. The fourth-order valence-electron chi connectivity index (χ4n) is 5.02. The van der Waals surface area contributed by atoms with Crippen LogP contribution in [0, 0.1) is 17.3 Å². The predicted octanol–water partition coefficient (Wildman–Crippen LogP) is 2.60. The molecule has 0 spiro atoms. The molecule has 0 heterocycles. The lowest BCUT2D eigenvalue weighted by Crippen LogP contribution is -2.64. The Morgan fingerprint density at radius 3 is 2.43 bits per heavy atom. The predicted molar refractivity (Wildman–Crippen MR) is 80.5 cm³/mol. The highest BCUT2D eigenvalue weighted by Crippen LogP contribution is 2.57. The zero-order valence-corrected chi connectivity index (χ0v) is 13.6. The Kier molecular flexibility index (Phi) is 3.61. The maximum Gasteiger partial charge on any atom is 0.312 e. The summed E-state index contributed by atoms with van der Waals surface area (Å²) in [7, 11) is 0. The Morgan fingerprint density at radius 2 is 1.90 bits per heavy atom. The summed E-state index contributed by atoms with van der Waals surface area (Å²) in [6.45, 7) is 6.12. The number of carbonyl (C=O) groups is 1. The van der Waals surface area contributed by atoms with Gasteiger partial charge < -0.3 is 9.84 Å². The minimum Gasteiger partial charge on any atom is -0.449 e. The number of esters is 1. The van der Waals surface area contributed by atoms with Gasteiger partial charge in [-0.3, -0.25) is 10.1 Å². The second kappa shape index (κ2) is 4.95. The maximum atomic E-state index is 12.0. The number of aliphatic hydroxyl groups is 1. The Morgan fingerprint density at radius 1 is 1.29 bits per heavy atom. The number of hydrogen-bond acceptors (Lipinski definition) is 4. The molecule has 2 N–H and O–H groups in total. The molecular weight excluding hydrogens is 266 g/mol. The van der Waals surface area contributed by atoms with Crippen LogP contribution in [0.1, 0.15) is 65.7 Å². The molecule has 2 atom stereocenters. The van der Waals surface area contributed by atoms with Crippen molar-refractivity contribution in [3.8, 4) is 0 Å². The van der Waals surface area contributed by atoms with Gasteiger partial charge >= 0.3 is 5.97 Å². The summed E-state index contributed by atoms with van der Waals surface area (Å²) in [5, 5.41) is 14.2. The van der Waals surface area contributed by atoms with Crippen LogP contribution in [0.4, 0.5) is 0 Å². The molecule has 2 unspecified atom stereocenters. The van der Waals surface area contributed by atoms with Crippen LogP contribution in [0.5, 0.6) is 0 Å². The van der Waals surface area contributed by atoms with E-state index >= 15 is 0 Å². The SMILES string of the molecule is CCC(C)(C)C(=O)OCNC12CC3CC(CC(O)(C3)C1)C2. The van der Waals surface area contributed by atoms with Crippen molar-refractivity contribution in [2.75, 3.05) is 6.73 Å². The van der Waals surface area contributed by atoms with Crippen LogP contribution in [0.25, 0.3) is 0 Å². The highest BCUT2D eigenvalue weighted by Gasteiger charge is 2.57. The molecule has 4 heteroatoms. The van der Waals surface area contributed by atoms with Gasteiger partial charge in [0, 0.05) is 5.54 Å². The fraction of sp³-hybridized carbons (Fsp3) is 0.941. The average molecular weight is 295 g/mol. The summed E-state index contributed by atoms with van der Waals surface area (Å²) < 4.78 is 5.44. The van der Waals surface area contributed by atoms with E-state index in [2.05, 4.69) is 5.32 Å². The molecule has 4 bridgehead atoms. The van der Waals surface area contributed by atoms with Crippen molar-refractivity contribution in [2.45, 2.75) is 76.9 Å². The van der Waals surface area contributed by atoms with Gasteiger partial charge in [0.2, 0.25) is 0 Å². The zero-order valence-electron chi connectivity index (χ0n) is 13.6. The molecule has 0 aromatic rings. The van der Waals surface area contributed by atoms with Crippen molar-refractivity contribution in [3.63, 3.8) is 0 Å². The second-order valence-electron chi connectivity index (χ2n) is 8.46. The molecule has 4 aliphatic carbocycles. The van der Waals surface area contributed by atoms with Crippen molar-refractivity contribution < 1.29 is 14.6 Å². The number of ether oxygens (including phenoxy) is 1. The van der Waals surface area contributed by atoms with Crippen molar-refractivity contribution >= 4 is 5.97 Å². The largest absolute Gasteiger partial charge is 0.449 e. The van der Waals surface area contributed by atoms with Crippen molar-refractivity contribution in [2.24, 2.45) is 17.3 Å². The molecule has 120 valence electrons. The standard InChI is InChI=1S/C17H29NO3/c1-4-15(2,3)14(19)21-11-18-16-6-12-5-13(7-16)9-17(20,8-12)10-16/h12-13,18,20H,4-11H2,1-3H3. The van der Waals surface area contributed by atoms with Crippen LogP contribution in [0.3, 0.4) is 0 Å². The summed E-state index contributed by atoms with van der Waals surface area (Å²) in [6.07, 6.45) is 7.06. The third-order valence-electron chi connectivity index (χ3n) is 6.12. The summed E-state index contributed by atoms with van der Waals surface area (Å²) >= 11 is 0. The maximum absolute atomic E-state index is 12.0. The first kappa shape index (κ1) is 15.3. The van der Waals surface area contributed by atoms with E-state index in [-0.39, 0.29) is 18.2 Å². The van der Waals surface area contributed by atoms with Gasteiger partial charge in [-0.15, -0.1) is 0 Å². The number of rotatable bonds is 5. The van der Waals surface area contributed by atoms with Crippen molar-refractivity contribution in [3.05, 3.63) is 0 Å². The minimum absolute atomic E-state index is 0.00449. The van der Waals surface area contributed by atoms with E-state index in [1.807, 2.05) is 20.8 Å². The van der Waals surface area contributed by atoms with Gasteiger partial charge in [0.1, 0.15) is 6.73 Å². The monoisotopic (exact) mass is 295 g/mol. The van der Waals surface area contributed by atoms with Gasteiger partial charge in [0.15, 0.2) is 0 Å². The molecule has 4 fully saturated rings. The minimum atomic E-state index is -0.468. The Bertz CT molecular complexity index is 418. The van der Waals surface area contributed by atoms with Gasteiger partial charge in [0.25, 0.3) is 0 Å². The summed E-state index contributed by atoms with van der Waals surface area (Å²) in [4.78, 5) is 12.0. The quantitative estimate of drug-likeness (QED) is 0.604. The van der Waals surface area contributed by atoms with Gasteiger partial charge in [-0.2, -0.15) is 0 Å². The summed E-state index contributed by atoms with van der Waals surface area (Å²) in [5.41, 5.74) is -0.888.